The Hall–Kier alpha value is -2.83. The molecule has 3 N–H and O–H groups in total. The number of anilines is 2. The minimum atomic E-state index is -0.496. The second-order valence-corrected chi connectivity index (χ2v) is 8.92. The van der Waals surface area contributed by atoms with Crippen LogP contribution in [0.5, 0.6) is 0 Å². The first-order chi connectivity index (χ1) is 14.8. The number of carbonyl (C=O) groups excluding carboxylic acids is 2. The monoisotopic (exact) mass is 425 g/mol. The molecule has 1 aromatic carbocycles. The summed E-state index contributed by atoms with van der Waals surface area (Å²) in [7, 11) is 0. The van der Waals surface area contributed by atoms with E-state index in [1.165, 1.54) is 6.42 Å². The summed E-state index contributed by atoms with van der Waals surface area (Å²) >= 11 is 0. The maximum absolute atomic E-state index is 12.8. The zero-order valence-corrected chi connectivity index (χ0v) is 19.2. The molecule has 2 aromatic rings. The summed E-state index contributed by atoms with van der Waals surface area (Å²) in [4.78, 5) is 26.8. The van der Waals surface area contributed by atoms with Gasteiger partial charge < -0.3 is 16.0 Å². The Morgan fingerprint density at radius 1 is 1.16 bits per heavy atom. The van der Waals surface area contributed by atoms with Crippen LogP contribution in [0.3, 0.4) is 0 Å². The van der Waals surface area contributed by atoms with Crippen LogP contribution in [0.4, 0.5) is 11.4 Å². The molecule has 0 radical (unpaired) electrons. The van der Waals surface area contributed by atoms with Crippen LogP contribution < -0.4 is 16.0 Å². The van der Waals surface area contributed by atoms with Gasteiger partial charge in [-0.05, 0) is 69.2 Å². The van der Waals surface area contributed by atoms with E-state index >= 15 is 0 Å². The van der Waals surface area contributed by atoms with E-state index in [2.05, 4.69) is 36.1 Å². The minimum Gasteiger partial charge on any atom is -0.370 e. The van der Waals surface area contributed by atoms with E-state index in [-0.39, 0.29) is 5.91 Å². The lowest BCUT2D eigenvalue weighted by molar-refractivity contribution is -0.116. The number of nitrogens with one attached hydrogen (secondary N) is 1. The molecule has 2 heterocycles. The Balaban J connectivity index is 1.73. The topological polar surface area (TPSA) is 93.2 Å². The molecular weight excluding hydrogens is 390 g/mol. The summed E-state index contributed by atoms with van der Waals surface area (Å²) < 4.78 is 2.04. The molecule has 0 spiro atoms. The van der Waals surface area contributed by atoms with E-state index in [1.54, 1.807) is 12.1 Å². The summed E-state index contributed by atoms with van der Waals surface area (Å²) in [5.74, 6) is -0.0558. The summed E-state index contributed by atoms with van der Waals surface area (Å²) in [5.41, 5.74) is 10.7. The quantitative estimate of drug-likeness (QED) is 0.672. The highest BCUT2D eigenvalue weighted by atomic mass is 16.2. The number of nitrogens with zero attached hydrogens (tertiary/aromatic N) is 3. The summed E-state index contributed by atoms with van der Waals surface area (Å²) in [6.45, 7) is 11.2. The van der Waals surface area contributed by atoms with Gasteiger partial charge in [-0.15, -0.1) is 0 Å². The summed E-state index contributed by atoms with van der Waals surface area (Å²) in [6, 6.07) is 5.32. The maximum atomic E-state index is 12.8. The summed E-state index contributed by atoms with van der Waals surface area (Å²) in [6.07, 6.45) is 4.47. The number of rotatable bonds is 8. The van der Waals surface area contributed by atoms with Crippen LogP contribution in [0.1, 0.15) is 66.8 Å². The number of hydrogen-bond acceptors (Lipinski definition) is 4. The van der Waals surface area contributed by atoms with E-state index in [9.17, 15) is 9.59 Å². The van der Waals surface area contributed by atoms with Crippen molar-refractivity contribution >= 4 is 23.2 Å². The SMILES string of the molecule is Cc1nn(CC(C)C)c(C)c1CCC(=O)Nc1cc(C(N)=O)ccc1N1CCCCC1. The number of aryl methyl sites for hydroxylation is 1. The first-order valence-electron chi connectivity index (χ1n) is 11.3. The number of benzene rings is 1. The number of aromatic nitrogens is 2. The molecule has 31 heavy (non-hydrogen) atoms. The van der Waals surface area contributed by atoms with Gasteiger partial charge in [0.2, 0.25) is 11.8 Å². The van der Waals surface area contributed by atoms with Crippen LogP contribution >= 0.6 is 0 Å². The lowest BCUT2D eigenvalue weighted by Gasteiger charge is -2.30. The lowest BCUT2D eigenvalue weighted by Crippen LogP contribution is -2.30. The first kappa shape index (κ1) is 22.8. The third-order valence-corrected chi connectivity index (χ3v) is 5.92. The van der Waals surface area contributed by atoms with Crippen molar-refractivity contribution in [3.63, 3.8) is 0 Å². The molecule has 7 nitrogen and oxygen atoms in total. The molecule has 7 heteroatoms. The van der Waals surface area contributed by atoms with Crippen molar-refractivity contribution < 1.29 is 9.59 Å². The van der Waals surface area contributed by atoms with Crippen LogP contribution in [0.25, 0.3) is 0 Å². The largest absolute Gasteiger partial charge is 0.370 e. The average Bonchev–Trinajstić information content (AvgIpc) is 2.99. The van der Waals surface area contributed by atoms with Crippen LogP contribution in [0, 0.1) is 19.8 Å². The molecule has 3 rings (SSSR count). The van der Waals surface area contributed by atoms with Gasteiger partial charge in [0.25, 0.3) is 0 Å². The molecule has 168 valence electrons. The number of carbonyl (C=O) groups is 2. The Bertz CT molecular complexity index is 942. The smallest absolute Gasteiger partial charge is 0.248 e. The van der Waals surface area contributed by atoms with Gasteiger partial charge >= 0.3 is 0 Å². The standard InChI is InChI=1S/C24H35N5O2/c1-16(2)15-29-18(4)20(17(3)27-29)9-11-23(30)26-21-14-19(24(25)31)8-10-22(21)28-12-6-5-7-13-28/h8,10,14,16H,5-7,9,11-13,15H2,1-4H3,(H2,25,31)(H,26,30). The van der Waals surface area contributed by atoms with Crippen LogP contribution in [0.2, 0.25) is 0 Å². The van der Waals surface area contributed by atoms with E-state index in [4.69, 9.17) is 5.73 Å². The highest BCUT2D eigenvalue weighted by Crippen LogP contribution is 2.30. The van der Waals surface area contributed by atoms with Crippen molar-refractivity contribution in [1.82, 2.24) is 9.78 Å². The van der Waals surface area contributed by atoms with Gasteiger partial charge in [-0.2, -0.15) is 5.10 Å². The van der Waals surface area contributed by atoms with Gasteiger partial charge in [0.1, 0.15) is 0 Å². The average molecular weight is 426 g/mol. The van der Waals surface area contributed by atoms with Crippen LogP contribution in [0.15, 0.2) is 18.2 Å². The molecule has 0 aliphatic carbocycles. The molecule has 1 fully saturated rings. The van der Waals surface area contributed by atoms with E-state index in [0.717, 1.165) is 55.1 Å². The number of primary amides is 1. The fraction of sp³-hybridized carbons (Fsp3) is 0.542. The van der Waals surface area contributed by atoms with Crippen molar-refractivity contribution in [3.8, 4) is 0 Å². The predicted octanol–water partition coefficient (Wildman–Crippen LogP) is 3.82. The molecule has 1 aromatic heterocycles. The zero-order chi connectivity index (χ0) is 22.5. The Kier molecular flexibility index (Phi) is 7.36. The molecule has 0 unspecified atom stereocenters. The van der Waals surface area contributed by atoms with Gasteiger partial charge in [-0.25, -0.2) is 0 Å². The van der Waals surface area contributed by atoms with Crippen molar-refractivity contribution in [2.45, 2.75) is 66.3 Å². The van der Waals surface area contributed by atoms with Crippen LogP contribution in [-0.2, 0) is 17.8 Å². The Morgan fingerprint density at radius 2 is 1.87 bits per heavy atom. The Labute approximate surface area is 185 Å². The van der Waals surface area contributed by atoms with Crippen molar-refractivity contribution in [1.29, 1.82) is 0 Å². The highest BCUT2D eigenvalue weighted by molar-refractivity contribution is 5.99. The molecule has 0 atom stereocenters. The number of amides is 2. The molecular formula is C24H35N5O2. The summed E-state index contributed by atoms with van der Waals surface area (Å²) in [5, 5.41) is 7.68. The third kappa shape index (κ3) is 5.66. The Morgan fingerprint density at radius 3 is 2.52 bits per heavy atom. The molecule has 1 aliphatic rings. The maximum Gasteiger partial charge on any atom is 0.248 e. The van der Waals surface area contributed by atoms with E-state index in [1.807, 2.05) is 17.7 Å². The van der Waals surface area contributed by atoms with Crippen molar-refractivity contribution in [3.05, 3.63) is 40.7 Å². The number of piperidine rings is 1. The number of hydrogen-bond donors (Lipinski definition) is 2. The van der Waals surface area contributed by atoms with Crippen LogP contribution in [-0.4, -0.2) is 34.7 Å². The van der Waals surface area contributed by atoms with Gasteiger partial charge in [-0.1, -0.05) is 13.8 Å². The molecule has 1 aliphatic heterocycles. The lowest BCUT2D eigenvalue weighted by atomic mass is 10.1. The van der Waals surface area contributed by atoms with Gasteiger partial charge in [0.05, 0.1) is 17.1 Å². The molecule has 0 bridgehead atoms. The fourth-order valence-electron chi connectivity index (χ4n) is 4.27. The van der Waals surface area contributed by atoms with E-state index < -0.39 is 5.91 Å². The molecule has 1 saturated heterocycles. The van der Waals surface area contributed by atoms with Gasteiger partial charge in [-0.3, -0.25) is 14.3 Å². The molecule has 0 saturated carbocycles. The van der Waals surface area contributed by atoms with Gasteiger partial charge in [0.15, 0.2) is 0 Å². The first-order valence-corrected chi connectivity index (χ1v) is 11.3. The number of nitrogens with two attached hydrogens (primary N) is 1. The normalized spacial score (nSPS) is 14.2. The minimum absolute atomic E-state index is 0.0738. The fourth-order valence-corrected chi connectivity index (χ4v) is 4.27. The van der Waals surface area contributed by atoms with Gasteiger partial charge in [0, 0.05) is 37.3 Å². The van der Waals surface area contributed by atoms with Crippen molar-refractivity contribution in [2.24, 2.45) is 11.7 Å². The molecule has 2 amide bonds. The second kappa shape index (κ2) is 9.98. The van der Waals surface area contributed by atoms with Crippen molar-refractivity contribution in [2.75, 3.05) is 23.3 Å². The predicted molar refractivity (Wildman–Crippen MR) is 125 cm³/mol. The third-order valence-electron chi connectivity index (χ3n) is 5.92. The zero-order valence-electron chi connectivity index (χ0n) is 19.2. The van der Waals surface area contributed by atoms with E-state index in [0.29, 0.717) is 30.0 Å². The highest BCUT2D eigenvalue weighted by Gasteiger charge is 2.19. The second-order valence-electron chi connectivity index (χ2n) is 8.92.